The van der Waals surface area contributed by atoms with E-state index in [1.165, 1.54) is 17.0 Å². The molecule has 2 amide bonds. The number of carbonyl (C=O) groups excluding carboxylic acids is 2. The van der Waals surface area contributed by atoms with Gasteiger partial charge >= 0.3 is 0 Å². The molecule has 0 saturated heterocycles. The first-order valence-corrected chi connectivity index (χ1v) is 9.77. The Kier molecular flexibility index (Phi) is 8.00. The minimum Gasteiger partial charge on any atom is -0.352 e. The van der Waals surface area contributed by atoms with E-state index in [-0.39, 0.29) is 36.6 Å². The van der Waals surface area contributed by atoms with Crippen molar-refractivity contribution in [2.24, 2.45) is 0 Å². The topological polar surface area (TPSA) is 49.4 Å². The maximum Gasteiger partial charge on any atom is 0.242 e. The summed E-state index contributed by atoms with van der Waals surface area (Å²) in [4.78, 5) is 27.2. The predicted molar refractivity (Wildman–Crippen MR) is 109 cm³/mol. The van der Waals surface area contributed by atoms with Gasteiger partial charge in [-0.1, -0.05) is 48.9 Å². The lowest BCUT2D eigenvalue weighted by Gasteiger charge is -2.30. The summed E-state index contributed by atoms with van der Waals surface area (Å²) in [5.74, 6) is -0.784. The van der Waals surface area contributed by atoms with Gasteiger partial charge in [-0.15, -0.1) is 0 Å². The Hall–Kier alpha value is -2.40. The molecule has 0 radical (unpaired) electrons. The molecule has 0 spiro atoms. The van der Waals surface area contributed by atoms with Crippen LogP contribution in [0.2, 0.25) is 5.02 Å². The van der Waals surface area contributed by atoms with Crippen LogP contribution in [0.15, 0.2) is 48.5 Å². The number of nitrogens with zero attached hydrogens (tertiary/aromatic N) is 1. The molecular weight excluding hydrogens is 379 g/mol. The highest BCUT2D eigenvalue weighted by Crippen LogP contribution is 2.18. The van der Waals surface area contributed by atoms with Crippen LogP contribution in [-0.4, -0.2) is 28.8 Å². The molecule has 0 fully saturated rings. The first-order chi connectivity index (χ1) is 13.3. The van der Waals surface area contributed by atoms with E-state index in [0.29, 0.717) is 10.6 Å². The van der Waals surface area contributed by atoms with E-state index in [2.05, 4.69) is 5.32 Å². The highest BCUT2D eigenvalue weighted by molar-refractivity contribution is 6.31. The minimum absolute atomic E-state index is 0.0151. The fraction of sp³-hybridized carbons (Fsp3) is 0.364. The molecule has 150 valence electrons. The zero-order chi connectivity index (χ0) is 20.7. The molecule has 2 aromatic carbocycles. The summed E-state index contributed by atoms with van der Waals surface area (Å²) in [6.07, 6.45) is 0.881. The van der Waals surface area contributed by atoms with Gasteiger partial charge < -0.3 is 10.2 Å². The Morgan fingerprint density at radius 1 is 1.11 bits per heavy atom. The molecule has 4 nitrogen and oxygen atoms in total. The lowest BCUT2D eigenvalue weighted by atomic mass is 10.1. The number of halogens is 2. The normalized spacial score (nSPS) is 12.9. The summed E-state index contributed by atoms with van der Waals surface area (Å²) in [6, 6.07) is 12.4. The Morgan fingerprint density at radius 2 is 1.75 bits per heavy atom. The van der Waals surface area contributed by atoms with E-state index < -0.39 is 6.04 Å². The lowest BCUT2D eigenvalue weighted by Crippen LogP contribution is -2.49. The Balaban J connectivity index is 2.23. The summed E-state index contributed by atoms with van der Waals surface area (Å²) in [6.45, 7) is 5.80. The number of amides is 2. The van der Waals surface area contributed by atoms with Gasteiger partial charge in [0.1, 0.15) is 11.9 Å². The van der Waals surface area contributed by atoms with Gasteiger partial charge in [-0.25, -0.2) is 4.39 Å². The molecule has 0 aliphatic rings. The minimum atomic E-state index is -0.672. The van der Waals surface area contributed by atoms with Crippen molar-refractivity contribution in [2.45, 2.75) is 52.2 Å². The zero-order valence-corrected chi connectivity index (χ0v) is 17.2. The van der Waals surface area contributed by atoms with Gasteiger partial charge in [-0.2, -0.15) is 0 Å². The van der Waals surface area contributed by atoms with Crippen LogP contribution in [0, 0.1) is 5.82 Å². The van der Waals surface area contributed by atoms with Gasteiger partial charge in [-0.05, 0) is 49.6 Å². The van der Waals surface area contributed by atoms with Crippen molar-refractivity contribution in [1.29, 1.82) is 0 Å². The molecule has 0 heterocycles. The molecule has 0 aromatic heterocycles. The first kappa shape index (κ1) is 21.9. The van der Waals surface area contributed by atoms with Crippen LogP contribution >= 0.6 is 11.6 Å². The van der Waals surface area contributed by atoms with Gasteiger partial charge in [0.15, 0.2) is 0 Å². The summed E-state index contributed by atoms with van der Waals surface area (Å²) < 4.78 is 13.2. The quantitative estimate of drug-likeness (QED) is 0.710. The molecule has 2 unspecified atom stereocenters. The number of nitrogens with one attached hydrogen (secondary N) is 1. The van der Waals surface area contributed by atoms with Gasteiger partial charge in [0.2, 0.25) is 11.8 Å². The highest BCUT2D eigenvalue weighted by Gasteiger charge is 2.27. The molecule has 0 bridgehead atoms. The summed E-state index contributed by atoms with van der Waals surface area (Å²) >= 11 is 6.19. The van der Waals surface area contributed by atoms with Crippen molar-refractivity contribution in [3.63, 3.8) is 0 Å². The average Bonchev–Trinajstić information content (AvgIpc) is 2.68. The second-order valence-electron chi connectivity index (χ2n) is 6.91. The van der Waals surface area contributed by atoms with Crippen LogP contribution < -0.4 is 5.32 Å². The second kappa shape index (κ2) is 10.2. The van der Waals surface area contributed by atoms with E-state index in [0.717, 1.165) is 12.0 Å². The Morgan fingerprint density at radius 3 is 2.36 bits per heavy atom. The van der Waals surface area contributed by atoms with Gasteiger partial charge in [0.05, 0.1) is 6.42 Å². The standard InChI is InChI=1S/C22H26ClFN2O2/c1-4-15(2)25-22(28)16(3)26(14-17-9-11-19(24)12-10-17)21(27)13-18-7-5-6-8-20(18)23/h5-12,15-16H,4,13-14H2,1-3H3,(H,25,28). The van der Waals surface area contributed by atoms with E-state index in [1.807, 2.05) is 19.9 Å². The van der Waals surface area contributed by atoms with Crippen molar-refractivity contribution in [3.8, 4) is 0 Å². The molecule has 2 aromatic rings. The third kappa shape index (κ3) is 6.06. The fourth-order valence-corrected chi connectivity index (χ4v) is 2.94. The molecular formula is C22H26ClFN2O2. The molecule has 2 rings (SSSR count). The number of benzene rings is 2. The average molecular weight is 405 g/mol. The molecule has 0 saturated carbocycles. The van der Waals surface area contributed by atoms with Crippen LogP contribution in [0.1, 0.15) is 38.3 Å². The largest absolute Gasteiger partial charge is 0.352 e. The molecule has 0 aliphatic carbocycles. The van der Waals surface area contributed by atoms with Crippen LogP contribution in [-0.2, 0) is 22.6 Å². The monoisotopic (exact) mass is 404 g/mol. The second-order valence-corrected chi connectivity index (χ2v) is 7.32. The van der Waals surface area contributed by atoms with E-state index >= 15 is 0 Å². The van der Waals surface area contributed by atoms with Crippen molar-refractivity contribution in [2.75, 3.05) is 0 Å². The predicted octanol–water partition coefficient (Wildman–Crippen LogP) is 4.35. The molecule has 1 N–H and O–H groups in total. The molecule has 2 atom stereocenters. The third-order valence-electron chi connectivity index (χ3n) is 4.73. The first-order valence-electron chi connectivity index (χ1n) is 9.39. The van der Waals surface area contributed by atoms with Crippen LogP contribution in [0.25, 0.3) is 0 Å². The van der Waals surface area contributed by atoms with Crippen LogP contribution in [0.3, 0.4) is 0 Å². The smallest absolute Gasteiger partial charge is 0.242 e. The van der Waals surface area contributed by atoms with Gasteiger partial charge in [0.25, 0.3) is 0 Å². The van der Waals surface area contributed by atoms with E-state index in [4.69, 9.17) is 11.6 Å². The number of hydrogen-bond donors (Lipinski definition) is 1. The Bertz CT molecular complexity index is 810. The zero-order valence-electron chi connectivity index (χ0n) is 16.4. The summed E-state index contributed by atoms with van der Waals surface area (Å²) in [7, 11) is 0. The van der Waals surface area contributed by atoms with E-state index in [1.54, 1.807) is 37.3 Å². The van der Waals surface area contributed by atoms with Crippen molar-refractivity contribution in [3.05, 3.63) is 70.5 Å². The number of hydrogen-bond acceptors (Lipinski definition) is 2. The Labute approximate surface area is 170 Å². The van der Waals surface area contributed by atoms with E-state index in [9.17, 15) is 14.0 Å². The van der Waals surface area contributed by atoms with Gasteiger partial charge in [-0.3, -0.25) is 9.59 Å². The maximum absolute atomic E-state index is 13.2. The van der Waals surface area contributed by atoms with Crippen LogP contribution in [0.4, 0.5) is 4.39 Å². The van der Waals surface area contributed by atoms with Gasteiger partial charge in [0, 0.05) is 17.6 Å². The SMILES string of the molecule is CCC(C)NC(=O)C(C)N(Cc1ccc(F)cc1)C(=O)Cc1ccccc1Cl. The summed E-state index contributed by atoms with van der Waals surface area (Å²) in [5, 5.41) is 3.42. The van der Waals surface area contributed by atoms with Crippen LogP contribution in [0.5, 0.6) is 0 Å². The van der Waals surface area contributed by atoms with Crippen molar-refractivity contribution < 1.29 is 14.0 Å². The molecule has 28 heavy (non-hydrogen) atoms. The number of rotatable bonds is 8. The van der Waals surface area contributed by atoms with Crippen molar-refractivity contribution in [1.82, 2.24) is 10.2 Å². The lowest BCUT2D eigenvalue weighted by molar-refractivity contribution is -0.140. The summed E-state index contributed by atoms with van der Waals surface area (Å²) in [5.41, 5.74) is 1.45. The maximum atomic E-state index is 13.2. The van der Waals surface area contributed by atoms with Crippen molar-refractivity contribution >= 4 is 23.4 Å². The fourth-order valence-electron chi connectivity index (χ4n) is 2.74. The third-order valence-corrected chi connectivity index (χ3v) is 5.10. The molecule has 0 aliphatic heterocycles. The molecule has 6 heteroatoms. The highest BCUT2D eigenvalue weighted by atomic mass is 35.5. The number of carbonyl (C=O) groups is 2.